The van der Waals surface area contributed by atoms with Gasteiger partial charge in [0.25, 0.3) is 5.91 Å². The van der Waals surface area contributed by atoms with Gasteiger partial charge >= 0.3 is 0 Å². The van der Waals surface area contributed by atoms with Crippen molar-refractivity contribution in [2.45, 2.75) is 0 Å². The fourth-order valence-electron chi connectivity index (χ4n) is 2.12. The number of hydrogen-bond acceptors (Lipinski definition) is 2. The maximum atomic E-state index is 13.7. The van der Waals surface area contributed by atoms with E-state index in [9.17, 15) is 9.18 Å². The van der Waals surface area contributed by atoms with Gasteiger partial charge in [0.05, 0.1) is 22.3 Å². The minimum atomic E-state index is -0.573. The summed E-state index contributed by atoms with van der Waals surface area (Å²) >= 11 is 3.40. The number of amides is 1. The van der Waals surface area contributed by atoms with E-state index in [2.05, 4.69) is 25.9 Å². The molecule has 0 atom stereocenters. The number of nitrogens with one attached hydrogen (secondary N) is 1. The van der Waals surface area contributed by atoms with Crippen molar-refractivity contribution >= 4 is 32.7 Å². The molecule has 3 N–H and O–H groups in total. The van der Waals surface area contributed by atoms with E-state index < -0.39 is 11.9 Å². The first-order valence-electron chi connectivity index (χ1n) is 5.80. The van der Waals surface area contributed by atoms with E-state index in [-0.39, 0.29) is 0 Å². The molecule has 0 radical (unpaired) electrons. The van der Waals surface area contributed by atoms with E-state index in [1.165, 1.54) is 6.20 Å². The largest absolute Gasteiger partial charge is 0.366 e. The monoisotopic (exact) mass is 333 g/mol. The van der Waals surface area contributed by atoms with Gasteiger partial charge in [-0.3, -0.25) is 4.79 Å². The van der Waals surface area contributed by atoms with Crippen molar-refractivity contribution in [3.63, 3.8) is 0 Å². The van der Waals surface area contributed by atoms with Crippen LogP contribution < -0.4 is 5.73 Å². The highest BCUT2D eigenvalue weighted by Crippen LogP contribution is 2.31. The van der Waals surface area contributed by atoms with E-state index in [1.807, 2.05) is 0 Å². The van der Waals surface area contributed by atoms with Crippen LogP contribution in [0.5, 0.6) is 0 Å². The fraction of sp³-hybridized carbons (Fsp3) is 0. The van der Waals surface area contributed by atoms with Crippen molar-refractivity contribution in [1.82, 2.24) is 9.97 Å². The van der Waals surface area contributed by atoms with Crippen molar-refractivity contribution in [2.75, 3.05) is 0 Å². The third-order valence-electron chi connectivity index (χ3n) is 3.06. The minimum absolute atomic E-state index is 0.339. The number of aromatic nitrogens is 2. The zero-order chi connectivity index (χ0) is 14.3. The van der Waals surface area contributed by atoms with Crippen LogP contribution >= 0.6 is 15.9 Å². The minimum Gasteiger partial charge on any atom is -0.366 e. The Morgan fingerprint density at radius 3 is 2.85 bits per heavy atom. The molecule has 1 amide bonds. The molecule has 0 aliphatic heterocycles. The number of nitrogens with zero attached hydrogens (tertiary/aromatic N) is 1. The summed E-state index contributed by atoms with van der Waals surface area (Å²) < 4.78 is 14.5. The number of primary amides is 1. The van der Waals surface area contributed by atoms with Crippen molar-refractivity contribution in [3.8, 4) is 11.3 Å². The molecule has 0 saturated carbocycles. The van der Waals surface area contributed by atoms with Crippen LogP contribution in [-0.4, -0.2) is 15.9 Å². The molecule has 100 valence electrons. The molecule has 0 spiro atoms. The molecule has 0 unspecified atom stereocenters. The van der Waals surface area contributed by atoms with Gasteiger partial charge in [0, 0.05) is 16.1 Å². The number of carbonyl (C=O) groups excluding carboxylic acids is 1. The molecule has 20 heavy (non-hydrogen) atoms. The Morgan fingerprint density at radius 2 is 2.15 bits per heavy atom. The standard InChI is InChI=1S/C14H9BrFN3O/c15-10-4-3-8(14(17)20)12-9(10)6-11(19-12)7-2-1-5-18-13(7)16/h1-6,19H,(H2,17,20). The summed E-state index contributed by atoms with van der Waals surface area (Å²) in [5, 5.41) is 0.763. The number of benzene rings is 1. The van der Waals surface area contributed by atoms with Crippen molar-refractivity contribution < 1.29 is 9.18 Å². The van der Waals surface area contributed by atoms with E-state index in [1.54, 1.807) is 30.3 Å². The number of hydrogen-bond donors (Lipinski definition) is 2. The van der Waals surface area contributed by atoms with Crippen molar-refractivity contribution in [2.24, 2.45) is 5.73 Å². The second-order valence-electron chi connectivity index (χ2n) is 4.27. The van der Waals surface area contributed by atoms with E-state index >= 15 is 0 Å². The number of H-pyrrole nitrogens is 1. The molecule has 2 heterocycles. The Morgan fingerprint density at radius 1 is 1.35 bits per heavy atom. The van der Waals surface area contributed by atoms with Gasteiger partial charge in [-0.05, 0) is 30.3 Å². The first-order valence-corrected chi connectivity index (χ1v) is 6.59. The normalized spacial score (nSPS) is 10.9. The summed E-state index contributed by atoms with van der Waals surface area (Å²) in [7, 11) is 0. The quantitative estimate of drug-likeness (QED) is 0.706. The molecule has 0 saturated heterocycles. The van der Waals surface area contributed by atoms with Crippen LogP contribution in [0, 0.1) is 5.95 Å². The van der Waals surface area contributed by atoms with Gasteiger partial charge in [0.1, 0.15) is 0 Å². The van der Waals surface area contributed by atoms with Crippen LogP contribution in [0.4, 0.5) is 4.39 Å². The van der Waals surface area contributed by atoms with Crippen LogP contribution in [0.1, 0.15) is 10.4 Å². The zero-order valence-electron chi connectivity index (χ0n) is 10.2. The smallest absolute Gasteiger partial charge is 0.250 e. The zero-order valence-corrected chi connectivity index (χ0v) is 11.7. The number of rotatable bonds is 2. The predicted octanol–water partition coefficient (Wildman–Crippen LogP) is 3.23. The van der Waals surface area contributed by atoms with Gasteiger partial charge in [-0.25, -0.2) is 4.98 Å². The van der Waals surface area contributed by atoms with Gasteiger partial charge in [-0.1, -0.05) is 15.9 Å². The Kier molecular flexibility index (Phi) is 3.02. The number of carbonyl (C=O) groups is 1. The van der Waals surface area contributed by atoms with Gasteiger partial charge in [-0.15, -0.1) is 0 Å². The number of nitrogens with two attached hydrogens (primary N) is 1. The topological polar surface area (TPSA) is 71.8 Å². The Hall–Kier alpha value is -2.21. The molecular weight excluding hydrogens is 325 g/mol. The predicted molar refractivity (Wildman–Crippen MR) is 77.7 cm³/mol. The molecule has 3 rings (SSSR count). The average Bonchev–Trinajstić information content (AvgIpc) is 2.84. The van der Waals surface area contributed by atoms with Crippen LogP contribution in [0.3, 0.4) is 0 Å². The molecule has 6 heteroatoms. The second-order valence-corrected chi connectivity index (χ2v) is 5.13. The van der Waals surface area contributed by atoms with Crippen LogP contribution in [0.25, 0.3) is 22.2 Å². The average molecular weight is 334 g/mol. The number of pyridine rings is 1. The maximum absolute atomic E-state index is 13.7. The van der Waals surface area contributed by atoms with Gasteiger partial charge < -0.3 is 10.7 Å². The molecule has 4 nitrogen and oxygen atoms in total. The van der Waals surface area contributed by atoms with Crippen molar-refractivity contribution in [3.05, 3.63) is 52.5 Å². The Labute approximate surface area is 121 Å². The number of fused-ring (bicyclic) bond motifs is 1. The molecule has 2 aromatic heterocycles. The van der Waals surface area contributed by atoms with Crippen LogP contribution in [-0.2, 0) is 0 Å². The number of aromatic amines is 1. The lowest BCUT2D eigenvalue weighted by atomic mass is 10.1. The van der Waals surface area contributed by atoms with Gasteiger partial charge in [-0.2, -0.15) is 4.39 Å². The van der Waals surface area contributed by atoms with Gasteiger partial charge in [0.2, 0.25) is 5.95 Å². The highest BCUT2D eigenvalue weighted by molar-refractivity contribution is 9.10. The summed E-state index contributed by atoms with van der Waals surface area (Å²) in [5.74, 6) is -1.11. The summed E-state index contributed by atoms with van der Waals surface area (Å²) in [6.07, 6.45) is 1.38. The van der Waals surface area contributed by atoms with Crippen LogP contribution in [0.2, 0.25) is 0 Å². The molecule has 3 aromatic rings. The van der Waals surface area contributed by atoms with Gasteiger partial charge in [0.15, 0.2) is 0 Å². The summed E-state index contributed by atoms with van der Waals surface area (Å²) in [4.78, 5) is 18.1. The third kappa shape index (κ3) is 1.98. The SMILES string of the molecule is NC(=O)c1ccc(Br)c2cc(-c3cccnc3F)[nH]c12. The molecule has 0 aliphatic carbocycles. The lowest BCUT2D eigenvalue weighted by Crippen LogP contribution is -2.11. The first-order chi connectivity index (χ1) is 9.58. The van der Waals surface area contributed by atoms with E-state index in [0.717, 1.165) is 9.86 Å². The van der Waals surface area contributed by atoms with E-state index in [4.69, 9.17) is 5.73 Å². The lowest BCUT2D eigenvalue weighted by molar-refractivity contribution is 0.100. The number of halogens is 2. The van der Waals surface area contributed by atoms with E-state index in [0.29, 0.717) is 22.3 Å². The second kappa shape index (κ2) is 4.72. The summed E-state index contributed by atoms with van der Waals surface area (Å²) in [6.45, 7) is 0. The van der Waals surface area contributed by atoms with Crippen LogP contribution in [0.15, 0.2) is 41.0 Å². The molecule has 0 aliphatic rings. The summed E-state index contributed by atoms with van der Waals surface area (Å²) in [6, 6.07) is 8.37. The molecule has 0 fully saturated rings. The molecular formula is C14H9BrFN3O. The first kappa shape index (κ1) is 12.8. The summed E-state index contributed by atoms with van der Waals surface area (Å²) in [5.41, 5.74) is 7.16. The Balaban J connectivity index is 2.31. The highest BCUT2D eigenvalue weighted by atomic mass is 79.9. The highest BCUT2D eigenvalue weighted by Gasteiger charge is 2.15. The molecule has 0 bridgehead atoms. The van der Waals surface area contributed by atoms with Crippen molar-refractivity contribution in [1.29, 1.82) is 0 Å². The lowest BCUT2D eigenvalue weighted by Gasteiger charge is -2.00. The fourth-order valence-corrected chi connectivity index (χ4v) is 2.57. The third-order valence-corrected chi connectivity index (χ3v) is 3.75. The molecule has 1 aromatic carbocycles. The Bertz CT molecular complexity index is 828. The maximum Gasteiger partial charge on any atom is 0.250 e.